The zero-order chi connectivity index (χ0) is 15.9. The van der Waals surface area contributed by atoms with Crippen molar-refractivity contribution in [2.75, 3.05) is 5.73 Å². The number of para-hydroxylation sites is 1. The number of hydrogen-bond acceptors (Lipinski definition) is 5. The third kappa shape index (κ3) is 4.14. The molecule has 0 fully saturated rings. The predicted octanol–water partition coefficient (Wildman–Crippen LogP) is 1.87. The highest BCUT2D eigenvalue weighted by Crippen LogP contribution is 2.15. The Bertz CT molecular complexity index is 711. The van der Waals surface area contributed by atoms with Crippen LogP contribution in [0.1, 0.15) is 11.1 Å². The number of amides is 1. The number of anilines is 1. The summed E-state index contributed by atoms with van der Waals surface area (Å²) in [5.41, 5.74) is 9.57. The quantitative estimate of drug-likeness (QED) is 0.380. The van der Waals surface area contributed by atoms with E-state index in [9.17, 15) is 14.9 Å². The van der Waals surface area contributed by atoms with Gasteiger partial charge in [-0.3, -0.25) is 14.9 Å². The number of rotatable bonds is 5. The summed E-state index contributed by atoms with van der Waals surface area (Å²) in [5, 5.41) is 14.6. The molecule has 0 saturated carbocycles. The summed E-state index contributed by atoms with van der Waals surface area (Å²) >= 11 is 0. The van der Waals surface area contributed by atoms with Crippen molar-refractivity contribution in [3.8, 4) is 0 Å². The van der Waals surface area contributed by atoms with E-state index in [1.165, 1.54) is 12.3 Å². The first kappa shape index (κ1) is 15.2. The largest absolute Gasteiger partial charge is 0.399 e. The highest BCUT2D eigenvalue weighted by molar-refractivity contribution is 5.86. The van der Waals surface area contributed by atoms with Gasteiger partial charge in [-0.1, -0.05) is 24.3 Å². The van der Waals surface area contributed by atoms with Crippen LogP contribution in [0.2, 0.25) is 0 Å². The molecule has 0 aliphatic carbocycles. The lowest BCUT2D eigenvalue weighted by molar-refractivity contribution is -0.385. The number of benzene rings is 2. The summed E-state index contributed by atoms with van der Waals surface area (Å²) in [6.45, 7) is 0. The number of nitrogen functional groups attached to an aromatic ring is 1. The third-order valence-electron chi connectivity index (χ3n) is 2.87. The zero-order valence-corrected chi connectivity index (χ0v) is 11.6. The monoisotopic (exact) mass is 298 g/mol. The lowest BCUT2D eigenvalue weighted by atomic mass is 10.1. The fraction of sp³-hybridized carbons (Fsp3) is 0.0667. The molecule has 0 aliphatic heterocycles. The molecule has 0 unspecified atom stereocenters. The summed E-state index contributed by atoms with van der Waals surface area (Å²) in [4.78, 5) is 22.0. The minimum atomic E-state index is -0.502. The highest BCUT2D eigenvalue weighted by Gasteiger charge is 2.10. The summed E-state index contributed by atoms with van der Waals surface area (Å²) < 4.78 is 0. The SMILES string of the molecule is Nc1ccc(CC(=O)N/N=C\c2ccccc2[N+](=O)[O-])cc1. The molecular weight excluding hydrogens is 284 g/mol. The van der Waals surface area contributed by atoms with Crippen LogP contribution in [0.5, 0.6) is 0 Å². The predicted molar refractivity (Wildman–Crippen MR) is 83.4 cm³/mol. The molecule has 0 aromatic heterocycles. The maximum Gasteiger partial charge on any atom is 0.278 e. The molecule has 7 nitrogen and oxygen atoms in total. The number of carbonyl (C=O) groups excluding carboxylic acids is 1. The zero-order valence-electron chi connectivity index (χ0n) is 11.6. The van der Waals surface area contributed by atoms with Crippen molar-refractivity contribution in [1.29, 1.82) is 0 Å². The molecule has 0 spiro atoms. The number of carbonyl (C=O) groups is 1. The topological polar surface area (TPSA) is 111 Å². The van der Waals surface area contributed by atoms with Crippen LogP contribution in [0.25, 0.3) is 0 Å². The molecule has 2 aromatic carbocycles. The van der Waals surface area contributed by atoms with Crippen molar-refractivity contribution < 1.29 is 9.72 Å². The fourth-order valence-corrected chi connectivity index (χ4v) is 1.80. The van der Waals surface area contributed by atoms with Gasteiger partial charge in [-0.2, -0.15) is 5.10 Å². The molecule has 0 heterocycles. The molecule has 0 aliphatic rings. The summed E-state index contributed by atoms with van der Waals surface area (Å²) in [6, 6.07) is 13.1. The lowest BCUT2D eigenvalue weighted by Crippen LogP contribution is -2.19. The highest BCUT2D eigenvalue weighted by atomic mass is 16.6. The second-order valence-electron chi connectivity index (χ2n) is 4.53. The van der Waals surface area contributed by atoms with E-state index in [1.54, 1.807) is 42.5 Å². The first-order valence-electron chi connectivity index (χ1n) is 6.46. The van der Waals surface area contributed by atoms with Gasteiger partial charge in [-0.25, -0.2) is 5.43 Å². The molecule has 1 amide bonds. The van der Waals surface area contributed by atoms with Crippen LogP contribution in [0.15, 0.2) is 53.6 Å². The number of nitrogens with one attached hydrogen (secondary N) is 1. The maximum absolute atomic E-state index is 11.7. The normalized spacial score (nSPS) is 10.5. The maximum atomic E-state index is 11.7. The van der Waals surface area contributed by atoms with E-state index in [1.807, 2.05) is 0 Å². The molecule has 0 saturated heterocycles. The number of hydrogen-bond donors (Lipinski definition) is 2. The molecule has 22 heavy (non-hydrogen) atoms. The van der Waals surface area contributed by atoms with E-state index in [4.69, 9.17) is 5.73 Å². The lowest BCUT2D eigenvalue weighted by Gasteiger charge is -2.01. The van der Waals surface area contributed by atoms with E-state index >= 15 is 0 Å². The first-order valence-corrected chi connectivity index (χ1v) is 6.46. The fourth-order valence-electron chi connectivity index (χ4n) is 1.80. The van der Waals surface area contributed by atoms with Gasteiger partial charge in [0, 0.05) is 11.8 Å². The van der Waals surface area contributed by atoms with Crippen LogP contribution in [0.4, 0.5) is 11.4 Å². The molecule has 112 valence electrons. The van der Waals surface area contributed by atoms with Crippen molar-refractivity contribution in [3.63, 3.8) is 0 Å². The molecule has 0 radical (unpaired) electrons. The van der Waals surface area contributed by atoms with Crippen molar-refractivity contribution >= 4 is 23.5 Å². The third-order valence-corrected chi connectivity index (χ3v) is 2.87. The molecule has 2 aromatic rings. The Balaban J connectivity index is 1.96. The van der Waals surface area contributed by atoms with Crippen molar-refractivity contribution in [2.45, 2.75) is 6.42 Å². The van der Waals surface area contributed by atoms with Gasteiger partial charge >= 0.3 is 0 Å². The van der Waals surface area contributed by atoms with Gasteiger partial charge in [0.05, 0.1) is 23.1 Å². The number of nitro benzene ring substituents is 1. The molecule has 2 rings (SSSR count). The molecule has 3 N–H and O–H groups in total. The smallest absolute Gasteiger partial charge is 0.278 e. The average Bonchev–Trinajstić information content (AvgIpc) is 2.50. The molecule has 0 atom stereocenters. The Hall–Kier alpha value is -3.22. The Morgan fingerprint density at radius 2 is 1.91 bits per heavy atom. The first-order chi connectivity index (χ1) is 10.6. The summed E-state index contributed by atoms with van der Waals surface area (Å²) in [5.74, 6) is -0.320. The Morgan fingerprint density at radius 3 is 2.59 bits per heavy atom. The van der Waals surface area contributed by atoms with Crippen molar-refractivity contribution in [2.24, 2.45) is 5.10 Å². The van der Waals surface area contributed by atoms with Crippen LogP contribution in [-0.4, -0.2) is 17.0 Å². The van der Waals surface area contributed by atoms with Gasteiger partial charge in [-0.15, -0.1) is 0 Å². The Morgan fingerprint density at radius 1 is 1.23 bits per heavy atom. The minimum absolute atomic E-state index is 0.0703. The van der Waals surface area contributed by atoms with E-state index in [0.717, 1.165) is 5.56 Å². The Kier molecular flexibility index (Phi) is 4.81. The van der Waals surface area contributed by atoms with Crippen LogP contribution < -0.4 is 11.2 Å². The summed E-state index contributed by atoms with van der Waals surface area (Å²) in [6.07, 6.45) is 1.40. The number of hydrazone groups is 1. The Labute approximate surface area is 126 Å². The molecule has 7 heteroatoms. The van der Waals surface area contributed by atoms with Gasteiger partial charge < -0.3 is 5.73 Å². The second kappa shape index (κ2) is 6.98. The van der Waals surface area contributed by atoms with E-state index < -0.39 is 4.92 Å². The number of nitrogens with zero attached hydrogens (tertiary/aromatic N) is 2. The molecule has 0 bridgehead atoms. The van der Waals surface area contributed by atoms with Gasteiger partial charge in [0.2, 0.25) is 5.91 Å². The van der Waals surface area contributed by atoms with Gasteiger partial charge in [-0.05, 0) is 23.8 Å². The number of nitro groups is 1. The second-order valence-corrected chi connectivity index (χ2v) is 4.53. The average molecular weight is 298 g/mol. The number of nitrogens with two attached hydrogens (primary N) is 1. The van der Waals surface area contributed by atoms with Crippen molar-refractivity contribution in [3.05, 3.63) is 69.8 Å². The van der Waals surface area contributed by atoms with Crippen LogP contribution in [0, 0.1) is 10.1 Å². The van der Waals surface area contributed by atoms with E-state index in [-0.39, 0.29) is 18.0 Å². The van der Waals surface area contributed by atoms with Gasteiger partial charge in [0.15, 0.2) is 0 Å². The van der Waals surface area contributed by atoms with Crippen LogP contribution in [0.3, 0.4) is 0 Å². The standard InChI is InChI=1S/C15H14N4O3/c16-13-7-5-11(6-8-13)9-15(20)18-17-10-12-3-1-2-4-14(12)19(21)22/h1-8,10H,9,16H2,(H,18,20)/b17-10-. The molecular formula is C15H14N4O3. The summed E-state index contributed by atoms with van der Waals surface area (Å²) in [7, 11) is 0. The van der Waals surface area contributed by atoms with Crippen molar-refractivity contribution in [1.82, 2.24) is 5.43 Å². The minimum Gasteiger partial charge on any atom is -0.399 e. The van der Waals surface area contributed by atoms with Crippen LogP contribution >= 0.6 is 0 Å². The van der Waals surface area contributed by atoms with E-state index in [0.29, 0.717) is 11.3 Å². The van der Waals surface area contributed by atoms with Crippen LogP contribution in [-0.2, 0) is 11.2 Å². The van der Waals surface area contributed by atoms with E-state index in [2.05, 4.69) is 10.5 Å². The van der Waals surface area contributed by atoms with Gasteiger partial charge in [0.25, 0.3) is 5.69 Å². The van der Waals surface area contributed by atoms with Gasteiger partial charge in [0.1, 0.15) is 0 Å².